The Hall–Kier alpha value is -3.63. The molecule has 0 bridgehead atoms. The predicted octanol–water partition coefficient (Wildman–Crippen LogP) is 3.54. The number of sulfonamides is 1. The Labute approximate surface area is 234 Å². The van der Waals surface area contributed by atoms with E-state index in [-0.39, 0.29) is 22.1 Å². The molecule has 6 rings (SSSR count). The summed E-state index contributed by atoms with van der Waals surface area (Å²) in [6.07, 6.45) is 4.45. The van der Waals surface area contributed by atoms with Crippen LogP contribution >= 0.6 is 0 Å². The average molecular weight is 562 g/mol. The molecule has 1 aromatic heterocycles. The van der Waals surface area contributed by atoms with Gasteiger partial charge in [-0.25, -0.2) is 22.8 Å². The summed E-state index contributed by atoms with van der Waals surface area (Å²) in [6.45, 7) is 7.25. The van der Waals surface area contributed by atoms with Crippen molar-refractivity contribution in [3.05, 3.63) is 101 Å². The van der Waals surface area contributed by atoms with Gasteiger partial charge in [0.05, 0.1) is 21.8 Å². The summed E-state index contributed by atoms with van der Waals surface area (Å²) in [5.74, 6) is -0.297. The summed E-state index contributed by atoms with van der Waals surface area (Å²) in [5.41, 5.74) is 4.03. The fraction of sp³-hybridized carbons (Fsp3) is 0.367. The minimum atomic E-state index is -3.78. The summed E-state index contributed by atoms with van der Waals surface area (Å²) < 4.78 is 41.6. The maximum absolute atomic E-state index is 13.8. The molecule has 208 valence electrons. The van der Waals surface area contributed by atoms with E-state index < -0.39 is 15.8 Å². The van der Waals surface area contributed by atoms with E-state index in [4.69, 9.17) is 0 Å². The normalized spacial score (nSPS) is 20.3. The smallest absolute Gasteiger partial charge is 0.257 e. The lowest BCUT2D eigenvalue weighted by molar-refractivity contribution is 0.0781. The number of aryl methyl sites for hydroxylation is 2. The van der Waals surface area contributed by atoms with Gasteiger partial charge in [0.25, 0.3) is 5.91 Å². The molecule has 0 aliphatic carbocycles. The molecule has 2 saturated heterocycles. The lowest BCUT2D eigenvalue weighted by Gasteiger charge is -2.50. The van der Waals surface area contributed by atoms with Gasteiger partial charge in [-0.15, -0.1) is 0 Å². The largest absolute Gasteiger partial charge is 0.377 e. The van der Waals surface area contributed by atoms with Gasteiger partial charge in [-0.05, 0) is 49.6 Å². The van der Waals surface area contributed by atoms with Crippen molar-refractivity contribution >= 4 is 15.9 Å². The van der Waals surface area contributed by atoms with Crippen molar-refractivity contribution in [2.45, 2.75) is 30.6 Å². The van der Waals surface area contributed by atoms with Crippen molar-refractivity contribution in [2.24, 2.45) is 5.92 Å². The monoisotopic (exact) mass is 561 g/mol. The van der Waals surface area contributed by atoms with Gasteiger partial charge in [0.15, 0.2) is 0 Å². The summed E-state index contributed by atoms with van der Waals surface area (Å²) in [5, 5.41) is 0. The van der Waals surface area contributed by atoms with Crippen LogP contribution in [0.15, 0.2) is 77.6 Å². The van der Waals surface area contributed by atoms with E-state index in [1.807, 2.05) is 36.9 Å². The Morgan fingerprint density at radius 2 is 1.75 bits per heavy atom. The SMILES string of the molecule is Cc1ncnc(C)c1C(=O)N1CC2=CN(CCC3(c4ccccc4)CN(S(=O)(=O)c4cccc(F)c4)C3)CC2C1. The van der Waals surface area contributed by atoms with E-state index in [2.05, 4.69) is 33.2 Å². The van der Waals surface area contributed by atoms with Crippen LogP contribution in [0.3, 0.4) is 0 Å². The Morgan fingerprint density at radius 3 is 2.42 bits per heavy atom. The molecular formula is C30H32FN5O3S. The number of fused-ring (bicyclic) bond motifs is 1. The van der Waals surface area contributed by atoms with Gasteiger partial charge in [-0.3, -0.25) is 4.79 Å². The van der Waals surface area contributed by atoms with Crippen LogP contribution < -0.4 is 0 Å². The van der Waals surface area contributed by atoms with E-state index in [1.54, 1.807) is 0 Å². The molecule has 3 aliphatic heterocycles. The van der Waals surface area contributed by atoms with Crippen LogP contribution in [-0.2, 0) is 15.4 Å². The second kappa shape index (κ2) is 10.1. The highest BCUT2D eigenvalue weighted by molar-refractivity contribution is 7.89. The molecule has 0 radical (unpaired) electrons. The molecule has 3 aromatic rings. The molecule has 0 N–H and O–H groups in total. The zero-order valence-electron chi connectivity index (χ0n) is 22.6. The molecule has 40 heavy (non-hydrogen) atoms. The van der Waals surface area contributed by atoms with Crippen LogP contribution in [0.1, 0.15) is 33.7 Å². The topological polar surface area (TPSA) is 86.7 Å². The number of carbonyl (C=O) groups excluding carboxylic acids is 1. The van der Waals surface area contributed by atoms with Crippen LogP contribution in [-0.4, -0.2) is 77.7 Å². The maximum atomic E-state index is 13.8. The quantitative estimate of drug-likeness (QED) is 0.439. The van der Waals surface area contributed by atoms with E-state index in [0.717, 1.165) is 31.1 Å². The second-order valence-corrected chi connectivity index (χ2v) is 13.1. The molecule has 0 saturated carbocycles. The number of amides is 1. The Bertz CT molecular complexity index is 1570. The van der Waals surface area contributed by atoms with Gasteiger partial charge in [0.2, 0.25) is 10.0 Å². The first kappa shape index (κ1) is 26.6. The van der Waals surface area contributed by atoms with E-state index in [9.17, 15) is 17.6 Å². The average Bonchev–Trinajstić information content (AvgIpc) is 3.48. The molecular weight excluding hydrogens is 529 g/mol. The van der Waals surface area contributed by atoms with Gasteiger partial charge in [0.1, 0.15) is 12.1 Å². The molecule has 1 amide bonds. The second-order valence-electron chi connectivity index (χ2n) is 11.1. The van der Waals surface area contributed by atoms with Crippen molar-refractivity contribution in [1.82, 2.24) is 24.1 Å². The zero-order chi connectivity index (χ0) is 28.1. The van der Waals surface area contributed by atoms with E-state index in [0.29, 0.717) is 43.1 Å². The molecule has 3 aliphatic rings. The van der Waals surface area contributed by atoms with Crippen molar-refractivity contribution in [3.8, 4) is 0 Å². The third-order valence-corrected chi connectivity index (χ3v) is 10.3. The highest BCUT2D eigenvalue weighted by atomic mass is 32.2. The number of halogens is 1. The number of rotatable bonds is 7. The molecule has 2 aromatic carbocycles. The van der Waals surface area contributed by atoms with Crippen LogP contribution in [0.4, 0.5) is 4.39 Å². The highest BCUT2D eigenvalue weighted by Crippen LogP contribution is 2.41. The van der Waals surface area contributed by atoms with Crippen molar-refractivity contribution in [1.29, 1.82) is 0 Å². The minimum Gasteiger partial charge on any atom is -0.377 e. The van der Waals surface area contributed by atoms with E-state index >= 15 is 0 Å². The fourth-order valence-corrected chi connectivity index (χ4v) is 7.91. The summed E-state index contributed by atoms with van der Waals surface area (Å²) in [6, 6.07) is 15.2. The molecule has 2 fully saturated rings. The van der Waals surface area contributed by atoms with Crippen LogP contribution in [0.25, 0.3) is 0 Å². The standard InChI is InChI=1S/C30H32FN5O3S/c1-21-28(22(2)33-20-32-21)29(37)35-16-23-14-34(15-24(23)17-35)12-11-30(25-7-4-3-5-8-25)18-36(19-30)40(38,39)27-10-6-9-26(31)13-27/h3-10,13-14,20,24H,11-12,15-19H2,1-2H3. The number of carbonyl (C=O) groups is 1. The first-order chi connectivity index (χ1) is 19.2. The van der Waals surface area contributed by atoms with Gasteiger partial charge in [-0.1, -0.05) is 36.4 Å². The lowest BCUT2D eigenvalue weighted by atomic mass is 9.72. The summed E-state index contributed by atoms with van der Waals surface area (Å²) in [4.78, 5) is 25.8. The number of aromatic nitrogens is 2. The Morgan fingerprint density at radius 1 is 1.02 bits per heavy atom. The van der Waals surface area contributed by atoms with Crippen LogP contribution in [0.2, 0.25) is 0 Å². The number of likely N-dealkylation sites (tertiary alicyclic amines) is 1. The Balaban J connectivity index is 1.14. The highest BCUT2D eigenvalue weighted by Gasteiger charge is 2.49. The van der Waals surface area contributed by atoms with Crippen molar-refractivity contribution < 1.29 is 17.6 Å². The Kier molecular flexibility index (Phi) is 6.70. The molecule has 1 atom stereocenters. The number of nitrogens with zero attached hydrogens (tertiary/aromatic N) is 5. The number of benzene rings is 2. The van der Waals surface area contributed by atoms with Gasteiger partial charge in [0, 0.05) is 56.8 Å². The first-order valence-corrected chi connectivity index (χ1v) is 14.9. The molecule has 1 unspecified atom stereocenters. The summed E-state index contributed by atoms with van der Waals surface area (Å²) in [7, 11) is -3.78. The predicted molar refractivity (Wildman–Crippen MR) is 148 cm³/mol. The molecule has 8 nitrogen and oxygen atoms in total. The maximum Gasteiger partial charge on any atom is 0.257 e. The van der Waals surface area contributed by atoms with Crippen molar-refractivity contribution in [3.63, 3.8) is 0 Å². The van der Waals surface area contributed by atoms with Gasteiger partial charge < -0.3 is 9.80 Å². The van der Waals surface area contributed by atoms with E-state index in [1.165, 1.54) is 34.4 Å². The van der Waals surface area contributed by atoms with Crippen LogP contribution in [0, 0.1) is 25.6 Å². The molecule has 10 heteroatoms. The lowest BCUT2D eigenvalue weighted by Crippen LogP contribution is -2.61. The first-order valence-electron chi connectivity index (χ1n) is 13.5. The van der Waals surface area contributed by atoms with Crippen LogP contribution in [0.5, 0.6) is 0 Å². The zero-order valence-corrected chi connectivity index (χ0v) is 23.4. The van der Waals surface area contributed by atoms with Gasteiger partial charge >= 0.3 is 0 Å². The van der Waals surface area contributed by atoms with Crippen molar-refractivity contribution in [2.75, 3.05) is 39.3 Å². The molecule has 4 heterocycles. The third kappa shape index (κ3) is 4.69. The third-order valence-electron chi connectivity index (χ3n) is 8.52. The number of hydrogen-bond donors (Lipinski definition) is 0. The van der Waals surface area contributed by atoms with Gasteiger partial charge in [-0.2, -0.15) is 4.31 Å². The number of hydrogen-bond acceptors (Lipinski definition) is 6. The minimum absolute atomic E-state index is 0.0159. The fourth-order valence-electron chi connectivity index (χ4n) is 6.27. The summed E-state index contributed by atoms with van der Waals surface area (Å²) >= 11 is 0. The molecule has 0 spiro atoms.